The number of benzene rings is 2. The summed E-state index contributed by atoms with van der Waals surface area (Å²) in [6.45, 7) is 0. The van der Waals surface area contributed by atoms with Crippen LogP contribution in [-0.4, -0.2) is 0 Å². The van der Waals surface area contributed by atoms with Crippen LogP contribution in [0.15, 0.2) is 48.6 Å². The molecule has 0 aliphatic heterocycles. The SMILES string of the molecule is Clc1cccc(-c2cc(Cl)c(C3(Cl)C=CC=CC3)c(Cl)c2Cl)c1Cl. The predicted molar refractivity (Wildman–Crippen MR) is 107 cm³/mol. The molecule has 1 aliphatic rings. The zero-order valence-corrected chi connectivity index (χ0v) is 16.6. The first-order valence-corrected chi connectivity index (χ1v) is 9.27. The van der Waals surface area contributed by atoms with Gasteiger partial charge in [-0.25, -0.2) is 0 Å². The highest BCUT2D eigenvalue weighted by molar-refractivity contribution is 6.48. The topological polar surface area (TPSA) is 0 Å². The van der Waals surface area contributed by atoms with Gasteiger partial charge in [0.15, 0.2) is 0 Å². The molecule has 0 heterocycles. The van der Waals surface area contributed by atoms with Crippen molar-refractivity contribution in [3.8, 4) is 11.1 Å². The molecule has 0 radical (unpaired) electrons. The predicted octanol–water partition coefficient (Wildman–Crippen LogP) is 8.57. The van der Waals surface area contributed by atoms with Crippen LogP contribution in [0.4, 0.5) is 0 Å². The molecule has 0 N–H and O–H groups in total. The molecular formula is C18H10Cl6. The first kappa shape index (κ1) is 18.5. The Labute approximate surface area is 170 Å². The number of hydrogen-bond acceptors (Lipinski definition) is 0. The summed E-state index contributed by atoms with van der Waals surface area (Å²) < 4.78 is 0. The normalized spacial score (nSPS) is 19.8. The molecule has 1 aliphatic carbocycles. The van der Waals surface area contributed by atoms with E-state index in [-0.39, 0.29) is 0 Å². The molecule has 0 aromatic heterocycles. The molecule has 0 fully saturated rings. The van der Waals surface area contributed by atoms with E-state index in [1.54, 1.807) is 18.2 Å². The quantitative estimate of drug-likeness (QED) is 0.325. The van der Waals surface area contributed by atoms with E-state index in [9.17, 15) is 0 Å². The number of hydrogen-bond donors (Lipinski definition) is 0. The van der Waals surface area contributed by atoms with Crippen LogP contribution in [0, 0.1) is 0 Å². The Hall–Kier alpha value is -0.340. The fourth-order valence-corrected chi connectivity index (χ4v) is 4.56. The lowest BCUT2D eigenvalue weighted by Gasteiger charge is -2.28. The average Bonchev–Trinajstić information content (AvgIpc) is 2.54. The Balaban J connectivity index is 2.22. The lowest BCUT2D eigenvalue weighted by molar-refractivity contribution is 0.764. The molecule has 0 bridgehead atoms. The minimum atomic E-state index is -0.830. The minimum absolute atomic E-state index is 0.310. The van der Waals surface area contributed by atoms with Gasteiger partial charge in [-0.3, -0.25) is 0 Å². The van der Waals surface area contributed by atoms with E-state index in [4.69, 9.17) is 69.6 Å². The lowest BCUT2D eigenvalue weighted by Crippen LogP contribution is -2.17. The first-order valence-electron chi connectivity index (χ1n) is 7.01. The molecule has 2 aromatic rings. The van der Waals surface area contributed by atoms with Gasteiger partial charge >= 0.3 is 0 Å². The van der Waals surface area contributed by atoms with Crippen molar-refractivity contribution in [2.24, 2.45) is 0 Å². The van der Waals surface area contributed by atoms with Crippen LogP contribution in [0.1, 0.15) is 12.0 Å². The van der Waals surface area contributed by atoms with Gasteiger partial charge in [0.2, 0.25) is 0 Å². The van der Waals surface area contributed by atoms with Crippen LogP contribution in [0.3, 0.4) is 0 Å². The van der Waals surface area contributed by atoms with Crippen LogP contribution in [0.5, 0.6) is 0 Å². The lowest BCUT2D eigenvalue weighted by atomic mass is 9.90. The fourth-order valence-electron chi connectivity index (χ4n) is 2.66. The third-order valence-electron chi connectivity index (χ3n) is 3.84. The van der Waals surface area contributed by atoms with Gasteiger partial charge in [0.1, 0.15) is 0 Å². The first-order chi connectivity index (χ1) is 11.3. The van der Waals surface area contributed by atoms with Gasteiger partial charge in [0, 0.05) is 21.7 Å². The number of allylic oxidation sites excluding steroid dienone is 4. The van der Waals surface area contributed by atoms with E-state index in [1.807, 2.05) is 30.4 Å². The third-order valence-corrected chi connectivity index (χ3v) is 6.29. The van der Waals surface area contributed by atoms with Gasteiger partial charge in [-0.1, -0.05) is 94.4 Å². The molecule has 0 spiro atoms. The van der Waals surface area contributed by atoms with Crippen molar-refractivity contribution < 1.29 is 0 Å². The third kappa shape index (κ3) is 3.21. The van der Waals surface area contributed by atoms with Crippen molar-refractivity contribution in [2.45, 2.75) is 11.3 Å². The number of rotatable bonds is 2. The Morgan fingerprint density at radius 1 is 0.792 bits per heavy atom. The molecule has 0 nitrogen and oxygen atoms in total. The summed E-state index contributed by atoms with van der Waals surface area (Å²) in [6.07, 6.45) is 8.15. The molecule has 0 saturated carbocycles. The van der Waals surface area contributed by atoms with Crippen molar-refractivity contribution in [2.75, 3.05) is 0 Å². The van der Waals surface area contributed by atoms with Crippen LogP contribution in [0.2, 0.25) is 25.1 Å². The molecule has 3 rings (SSSR count). The van der Waals surface area contributed by atoms with E-state index in [1.165, 1.54) is 0 Å². The zero-order chi connectivity index (χ0) is 17.5. The van der Waals surface area contributed by atoms with E-state index in [0.717, 1.165) is 0 Å². The number of halogens is 6. The Kier molecular flexibility index (Phi) is 5.47. The van der Waals surface area contributed by atoms with Gasteiger partial charge in [-0.2, -0.15) is 0 Å². The van der Waals surface area contributed by atoms with Crippen LogP contribution >= 0.6 is 69.6 Å². The highest BCUT2D eigenvalue weighted by atomic mass is 35.5. The minimum Gasteiger partial charge on any atom is -0.109 e. The summed E-state index contributed by atoms with van der Waals surface area (Å²) in [7, 11) is 0. The molecule has 1 unspecified atom stereocenters. The van der Waals surface area contributed by atoms with Gasteiger partial charge in [-0.05, 0) is 18.6 Å². The second-order valence-electron chi connectivity index (χ2n) is 5.36. The van der Waals surface area contributed by atoms with E-state index in [2.05, 4.69) is 0 Å². The van der Waals surface area contributed by atoms with Crippen molar-refractivity contribution in [3.63, 3.8) is 0 Å². The molecule has 2 aromatic carbocycles. The Morgan fingerprint density at radius 3 is 2.21 bits per heavy atom. The highest BCUT2D eigenvalue weighted by Gasteiger charge is 2.33. The van der Waals surface area contributed by atoms with Crippen LogP contribution in [-0.2, 0) is 4.87 Å². The van der Waals surface area contributed by atoms with Crippen LogP contribution < -0.4 is 0 Å². The summed E-state index contributed by atoms with van der Waals surface area (Å²) in [5.74, 6) is 0. The second kappa shape index (κ2) is 7.11. The Bertz CT molecular complexity index is 868. The number of alkyl halides is 1. The van der Waals surface area contributed by atoms with Gasteiger partial charge < -0.3 is 0 Å². The maximum absolute atomic E-state index is 6.73. The zero-order valence-electron chi connectivity index (χ0n) is 12.1. The molecule has 0 amide bonds. The summed E-state index contributed by atoms with van der Waals surface area (Å²) in [5, 5.41) is 1.89. The van der Waals surface area contributed by atoms with Crippen molar-refractivity contribution in [1.82, 2.24) is 0 Å². The molecule has 124 valence electrons. The Morgan fingerprint density at radius 2 is 1.54 bits per heavy atom. The molecular weight excluding hydrogens is 429 g/mol. The maximum Gasteiger partial charge on any atom is 0.0941 e. The summed E-state index contributed by atoms with van der Waals surface area (Å²) in [4.78, 5) is -0.830. The summed E-state index contributed by atoms with van der Waals surface area (Å²) in [6, 6.07) is 7.01. The second-order valence-corrected chi connectivity index (χ2v) is 7.99. The van der Waals surface area contributed by atoms with E-state index in [0.29, 0.717) is 48.2 Å². The smallest absolute Gasteiger partial charge is 0.0941 e. The summed E-state index contributed by atoms with van der Waals surface area (Å²) >= 11 is 38.7. The molecule has 1 atom stereocenters. The van der Waals surface area contributed by atoms with Crippen molar-refractivity contribution in [3.05, 3.63) is 79.2 Å². The average molecular weight is 439 g/mol. The van der Waals surface area contributed by atoms with Crippen molar-refractivity contribution >= 4 is 69.6 Å². The maximum atomic E-state index is 6.73. The standard InChI is InChI=1S/C18H10Cl6/c19-12-6-4-5-10(15(12)21)11-9-13(20)14(17(23)16(11)22)18(24)7-2-1-3-8-18/h1-7,9H,8H2. The van der Waals surface area contributed by atoms with Gasteiger partial charge in [-0.15, -0.1) is 11.6 Å². The summed E-state index contributed by atoms with van der Waals surface area (Å²) in [5.41, 5.74) is 1.85. The highest BCUT2D eigenvalue weighted by Crippen LogP contribution is 2.50. The molecule has 0 saturated heterocycles. The fraction of sp³-hybridized carbons (Fsp3) is 0.111. The van der Waals surface area contributed by atoms with Gasteiger partial charge in [0.05, 0.1) is 25.0 Å². The van der Waals surface area contributed by atoms with Crippen molar-refractivity contribution in [1.29, 1.82) is 0 Å². The van der Waals surface area contributed by atoms with Gasteiger partial charge in [0.25, 0.3) is 0 Å². The molecule has 24 heavy (non-hydrogen) atoms. The largest absolute Gasteiger partial charge is 0.109 e. The molecule has 6 heteroatoms. The van der Waals surface area contributed by atoms with E-state index < -0.39 is 4.87 Å². The van der Waals surface area contributed by atoms with E-state index >= 15 is 0 Å². The monoisotopic (exact) mass is 436 g/mol. The van der Waals surface area contributed by atoms with Crippen LogP contribution in [0.25, 0.3) is 11.1 Å².